The molecule has 9 heteroatoms. The van der Waals surface area contributed by atoms with Gasteiger partial charge in [0.15, 0.2) is 5.83 Å². The second-order valence-electron chi connectivity index (χ2n) is 9.05. The van der Waals surface area contributed by atoms with Gasteiger partial charge < -0.3 is 19.9 Å². The topological polar surface area (TPSA) is 110 Å². The Bertz CT molecular complexity index is 1660. The van der Waals surface area contributed by atoms with E-state index in [2.05, 4.69) is 22.6 Å². The van der Waals surface area contributed by atoms with Gasteiger partial charge >= 0.3 is 0 Å². The summed E-state index contributed by atoms with van der Waals surface area (Å²) in [5, 5.41) is 10.5. The first-order valence-electron chi connectivity index (χ1n) is 12.0. The smallest absolute Gasteiger partial charge is 0.282 e. The van der Waals surface area contributed by atoms with E-state index in [1.165, 1.54) is 11.1 Å². The first kappa shape index (κ1) is 24.7. The minimum Gasteiger partial charge on any atom is -0.439 e. The number of nitriles is 1. The SMILES string of the molecule is C=C(F)C(=O)N1CC=C(c2c(-c3ccc(Oc4cccc(C)n4)cc3)c3c(N)ncc(C#N)c3n2C)CC1. The van der Waals surface area contributed by atoms with Crippen molar-refractivity contribution in [2.45, 2.75) is 13.3 Å². The van der Waals surface area contributed by atoms with Crippen LogP contribution < -0.4 is 10.5 Å². The van der Waals surface area contributed by atoms with Crippen LogP contribution in [0.25, 0.3) is 27.6 Å². The summed E-state index contributed by atoms with van der Waals surface area (Å²) in [6.07, 6.45) is 3.86. The predicted octanol–water partition coefficient (Wildman–Crippen LogP) is 5.29. The van der Waals surface area contributed by atoms with Crippen LogP contribution >= 0.6 is 0 Å². The number of fused-ring (bicyclic) bond motifs is 1. The second-order valence-corrected chi connectivity index (χ2v) is 9.05. The predicted molar refractivity (Wildman–Crippen MR) is 144 cm³/mol. The standard InChI is InChI=1S/C29H25FN6O2/c1-17-5-4-6-23(34-17)38-22-9-7-19(8-10-22)24-25-27(21(15-31)16-33-28(25)32)35(3)26(24)20-11-13-36(14-12-20)29(37)18(2)30/h4-11,16H,2,12-14H2,1,3H3,(H2,32,33). The van der Waals surface area contributed by atoms with Gasteiger partial charge in [0.05, 0.1) is 22.2 Å². The Morgan fingerprint density at radius 1 is 1.24 bits per heavy atom. The van der Waals surface area contributed by atoms with Gasteiger partial charge in [0, 0.05) is 43.7 Å². The van der Waals surface area contributed by atoms with Crippen molar-refractivity contribution < 1.29 is 13.9 Å². The average molecular weight is 509 g/mol. The molecule has 0 atom stereocenters. The van der Waals surface area contributed by atoms with Crippen molar-refractivity contribution in [3.05, 3.63) is 84.1 Å². The van der Waals surface area contributed by atoms with Gasteiger partial charge in [-0.2, -0.15) is 5.26 Å². The van der Waals surface area contributed by atoms with E-state index in [1.54, 1.807) is 6.07 Å². The minimum atomic E-state index is -0.979. The van der Waals surface area contributed by atoms with E-state index in [9.17, 15) is 14.4 Å². The monoisotopic (exact) mass is 508 g/mol. The van der Waals surface area contributed by atoms with Gasteiger partial charge in [0.25, 0.3) is 5.91 Å². The lowest BCUT2D eigenvalue weighted by atomic mass is 9.95. The van der Waals surface area contributed by atoms with Gasteiger partial charge in [-0.3, -0.25) is 4.79 Å². The summed E-state index contributed by atoms with van der Waals surface area (Å²) >= 11 is 0. The average Bonchev–Trinajstić information content (AvgIpc) is 3.23. The maximum Gasteiger partial charge on any atom is 0.282 e. The first-order valence-corrected chi connectivity index (χ1v) is 12.0. The summed E-state index contributed by atoms with van der Waals surface area (Å²) in [6.45, 7) is 5.60. The number of hydrogen-bond donors (Lipinski definition) is 1. The van der Waals surface area contributed by atoms with E-state index in [4.69, 9.17) is 10.5 Å². The molecule has 0 saturated carbocycles. The molecule has 0 fully saturated rings. The highest BCUT2D eigenvalue weighted by molar-refractivity contribution is 6.09. The largest absolute Gasteiger partial charge is 0.439 e. The number of halogens is 1. The van der Waals surface area contributed by atoms with Gasteiger partial charge in [-0.05, 0) is 42.7 Å². The van der Waals surface area contributed by atoms with Crippen molar-refractivity contribution in [3.8, 4) is 28.8 Å². The van der Waals surface area contributed by atoms with Crippen molar-refractivity contribution in [2.75, 3.05) is 18.8 Å². The van der Waals surface area contributed by atoms with Crippen molar-refractivity contribution >= 4 is 28.2 Å². The third-order valence-corrected chi connectivity index (χ3v) is 6.62. The summed E-state index contributed by atoms with van der Waals surface area (Å²) in [4.78, 5) is 22.2. The Hall–Kier alpha value is -4.97. The van der Waals surface area contributed by atoms with Crippen LogP contribution in [0.1, 0.15) is 23.4 Å². The molecule has 0 bridgehead atoms. The number of hydrogen-bond acceptors (Lipinski definition) is 6. The molecule has 0 radical (unpaired) electrons. The number of nitrogen functional groups attached to an aromatic ring is 1. The summed E-state index contributed by atoms with van der Waals surface area (Å²) in [5.74, 6) is -0.264. The number of nitrogens with zero attached hydrogens (tertiary/aromatic N) is 5. The minimum absolute atomic E-state index is 0.243. The molecule has 1 aromatic carbocycles. The normalized spacial score (nSPS) is 13.2. The summed E-state index contributed by atoms with van der Waals surface area (Å²) in [5.41, 5.74) is 11.8. The number of aromatic nitrogens is 3. The molecular formula is C29H25FN6O2. The van der Waals surface area contributed by atoms with Crippen LogP contribution in [0.3, 0.4) is 0 Å². The molecule has 0 spiro atoms. The van der Waals surface area contributed by atoms with E-state index in [-0.39, 0.29) is 6.54 Å². The van der Waals surface area contributed by atoms with Gasteiger partial charge in [-0.25, -0.2) is 14.4 Å². The van der Waals surface area contributed by atoms with Gasteiger partial charge in [0.1, 0.15) is 17.6 Å². The number of carbonyl (C=O) groups is 1. The van der Waals surface area contributed by atoms with Gasteiger partial charge in [0.2, 0.25) is 5.88 Å². The van der Waals surface area contributed by atoms with Crippen molar-refractivity contribution in [1.29, 1.82) is 5.26 Å². The van der Waals surface area contributed by atoms with Crippen LogP contribution in [0.15, 0.2) is 67.1 Å². The highest BCUT2D eigenvalue weighted by atomic mass is 19.1. The lowest BCUT2D eigenvalue weighted by Crippen LogP contribution is -2.34. The highest BCUT2D eigenvalue weighted by Crippen LogP contribution is 2.43. The number of pyridine rings is 2. The fourth-order valence-electron chi connectivity index (χ4n) is 4.87. The molecule has 1 aliphatic heterocycles. The van der Waals surface area contributed by atoms with Crippen LogP contribution in [0.5, 0.6) is 11.6 Å². The van der Waals surface area contributed by atoms with E-state index < -0.39 is 11.7 Å². The van der Waals surface area contributed by atoms with Crippen molar-refractivity contribution in [1.82, 2.24) is 19.4 Å². The summed E-state index contributed by atoms with van der Waals surface area (Å²) in [6, 6.07) is 15.3. The van der Waals surface area contributed by atoms with Crippen LogP contribution in [-0.2, 0) is 11.8 Å². The fourth-order valence-corrected chi connectivity index (χ4v) is 4.87. The van der Waals surface area contributed by atoms with Crippen LogP contribution in [0.2, 0.25) is 0 Å². The van der Waals surface area contributed by atoms with E-state index >= 15 is 0 Å². The third-order valence-electron chi connectivity index (χ3n) is 6.62. The first-order chi connectivity index (χ1) is 18.3. The number of amides is 1. The molecular weight excluding hydrogens is 483 g/mol. The third kappa shape index (κ3) is 4.37. The summed E-state index contributed by atoms with van der Waals surface area (Å²) in [7, 11) is 1.88. The zero-order valence-electron chi connectivity index (χ0n) is 21.0. The number of rotatable bonds is 5. The maximum atomic E-state index is 13.4. The van der Waals surface area contributed by atoms with Gasteiger partial charge in [-0.1, -0.05) is 30.9 Å². The number of benzene rings is 1. The Balaban J connectivity index is 1.62. The Labute approximate surface area is 219 Å². The van der Waals surface area contributed by atoms with E-state index in [0.29, 0.717) is 46.9 Å². The number of anilines is 1. The van der Waals surface area contributed by atoms with Crippen molar-refractivity contribution in [3.63, 3.8) is 0 Å². The van der Waals surface area contributed by atoms with E-state index in [0.717, 1.165) is 28.1 Å². The molecule has 5 rings (SSSR count). The number of ether oxygens (including phenoxy) is 1. The quantitative estimate of drug-likeness (QED) is 0.367. The van der Waals surface area contributed by atoms with Crippen LogP contribution in [0, 0.1) is 18.3 Å². The van der Waals surface area contributed by atoms with Gasteiger partial charge in [-0.15, -0.1) is 0 Å². The Morgan fingerprint density at radius 2 is 2.00 bits per heavy atom. The number of nitrogens with two attached hydrogens (primary N) is 1. The molecule has 38 heavy (non-hydrogen) atoms. The molecule has 0 aliphatic carbocycles. The maximum absolute atomic E-state index is 13.4. The Morgan fingerprint density at radius 3 is 2.63 bits per heavy atom. The number of carbonyl (C=O) groups excluding carboxylic acids is 1. The Kier molecular flexibility index (Phi) is 6.39. The molecule has 1 aliphatic rings. The fraction of sp³-hybridized carbons (Fsp3) is 0.172. The summed E-state index contributed by atoms with van der Waals surface area (Å²) < 4.78 is 21.3. The number of aryl methyl sites for hydroxylation is 2. The molecule has 0 saturated heterocycles. The molecule has 0 unspecified atom stereocenters. The zero-order valence-corrected chi connectivity index (χ0v) is 21.0. The molecule has 8 nitrogen and oxygen atoms in total. The lowest BCUT2D eigenvalue weighted by Gasteiger charge is -2.26. The molecule has 3 aromatic heterocycles. The molecule has 4 heterocycles. The van der Waals surface area contributed by atoms with Crippen LogP contribution in [0.4, 0.5) is 10.2 Å². The zero-order chi connectivity index (χ0) is 27.0. The second kappa shape index (κ2) is 9.82. The van der Waals surface area contributed by atoms with Crippen LogP contribution in [-0.4, -0.2) is 38.4 Å². The highest BCUT2D eigenvalue weighted by Gasteiger charge is 2.27. The molecule has 2 N–H and O–H groups in total. The lowest BCUT2D eigenvalue weighted by molar-refractivity contribution is -0.128. The van der Waals surface area contributed by atoms with Crippen molar-refractivity contribution in [2.24, 2.45) is 7.05 Å². The molecule has 190 valence electrons. The van der Waals surface area contributed by atoms with E-state index in [1.807, 2.05) is 61.0 Å². The molecule has 1 amide bonds. The molecule has 4 aromatic rings.